The Kier molecular flexibility index (Phi) is 4.25. The lowest BCUT2D eigenvalue weighted by atomic mass is 10.1. The van der Waals surface area contributed by atoms with Crippen molar-refractivity contribution in [1.29, 1.82) is 0 Å². The molecule has 0 spiro atoms. The molecule has 0 aliphatic heterocycles. The Hall–Kier alpha value is -1.62. The van der Waals surface area contributed by atoms with Crippen molar-refractivity contribution in [1.82, 2.24) is 9.88 Å². The number of anilines is 1. The van der Waals surface area contributed by atoms with E-state index in [4.69, 9.17) is 10.8 Å². The first-order valence-electron chi connectivity index (χ1n) is 5.22. The fourth-order valence-corrected chi connectivity index (χ4v) is 1.46. The highest BCUT2D eigenvalue weighted by Gasteiger charge is 2.16. The number of amides is 1. The minimum atomic E-state index is -0.145. The lowest BCUT2D eigenvalue weighted by molar-refractivity contribution is 0.0731. The van der Waals surface area contributed by atoms with E-state index in [1.165, 1.54) is 6.20 Å². The van der Waals surface area contributed by atoms with Crippen LogP contribution in [-0.4, -0.2) is 40.6 Å². The maximum atomic E-state index is 12.1. The van der Waals surface area contributed by atoms with Crippen molar-refractivity contribution in [3.63, 3.8) is 0 Å². The lowest BCUT2D eigenvalue weighted by Crippen LogP contribution is -2.33. The fraction of sp³-hybridized carbons (Fsp3) is 0.455. The first-order valence-corrected chi connectivity index (χ1v) is 5.22. The van der Waals surface area contributed by atoms with E-state index >= 15 is 0 Å². The Balaban J connectivity index is 2.98. The van der Waals surface area contributed by atoms with E-state index in [1.807, 2.05) is 6.92 Å². The molecule has 0 saturated carbocycles. The van der Waals surface area contributed by atoms with Crippen LogP contribution in [0.2, 0.25) is 0 Å². The summed E-state index contributed by atoms with van der Waals surface area (Å²) in [7, 11) is 0. The summed E-state index contributed by atoms with van der Waals surface area (Å²) in [5.41, 5.74) is 7.21. The largest absolute Gasteiger partial charge is 0.397 e. The van der Waals surface area contributed by atoms with Gasteiger partial charge in [-0.2, -0.15) is 0 Å². The van der Waals surface area contributed by atoms with E-state index in [2.05, 4.69) is 4.98 Å². The summed E-state index contributed by atoms with van der Waals surface area (Å²) in [5, 5.41) is 8.85. The Morgan fingerprint density at radius 1 is 1.62 bits per heavy atom. The molecule has 0 fully saturated rings. The Bertz CT molecular complexity index is 379. The van der Waals surface area contributed by atoms with Gasteiger partial charge in [0.25, 0.3) is 5.91 Å². The first kappa shape index (κ1) is 12.4. The zero-order valence-corrected chi connectivity index (χ0v) is 9.60. The number of aryl methyl sites for hydroxylation is 1. The van der Waals surface area contributed by atoms with Crippen LogP contribution in [0.5, 0.6) is 0 Å². The number of aromatic nitrogens is 1. The van der Waals surface area contributed by atoms with Gasteiger partial charge in [0.05, 0.1) is 29.7 Å². The van der Waals surface area contributed by atoms with Crippen molar-refractivity contribution in [3.8, 4) is 0 Å². The molecule has 0 aliphatic carbocycles. The maximum absolute atomic E-state index is 12.1. The summed E-state index contributed by atoms with van der Waals surface area (Å²) in [6.07, 6.45) is 1.52. The van der Waals surface area contributed by atoms with Crippen molar-refractivity contribution in [2.24, 2.45) is 0 Å². The standard InChI is InChI=1S/C11H17N3O2/c1-3-14(4-5-15)11(16)10-6-9(12)7-13-8(10)2/h6-7,15H,3-5,12H2,1-2H3. The molecule has 1 rings (SSSR count). The van der Waals surface area contributed by atoms with Crippen LogP contribution in [0.3, 0.4) is 0 Å². The normalized spacial score (nSPS) is 10.2. The summed E-state index contributed by atoms with van der Waals surface area (Å²) in [5.74, 6) is -0.145. The maximum Gasteiger partial charge on any atom is 0.255 e. The van der Waals surface area contributed by atoms with Gasteiger partial charge in [0.2, 0.25) is 0 Å². The van der Waals surface area contributed by atoms with Crippen LogP contribution in [0.15, 0.2) is 12.3 Å². The van der Waals surface area contributed by atoms with E-state index in [9.17, 15) is 4.79 Å². The number of nitrogens with zero attached hydrogens (tertiary/aromatic N) is 2. The third-order valence-corrected chi connectivity index (χ3v) is 2.38. The summed E-state index contributed by atoms with van der Waals surface area (Å²) in [6.45, 7) is 4.45. The Labute approximate surface area is 94.9 Å². The van der Waals surface area contributed by atoms with Gasteiger partial charge < -0.3 is 15.7 Å². The number of nitrogen functional groups attached to an aromatic ring is 1. The van der Waals surface area contributed by atoms with Crippen LogP contribution in [-0.2, 0) is 0 Å². The molecule has 3 N–H and O–H groups in total. The number of aliphatic hydroxyl groups is 1. The molecule has 16 heavy (non-hydrogen) atoms. The molecule has 1 heterocycles. The number of pyridine rings is 1. The van der Waals surface area contributed by atoms with Crippen molar-refractivity contribution in [2.75, 3.05) is 25.4 Å². The first-order chi connectivity index (χ1) is 7.60. The van der Waals surface area contributed by atoms with Crippen LogP contribution in [0.1, 0.15) is 23.0 Å². The molecule has 1 aromatic heterocycles. The van der Waals surface area contributed by atoms with E-state index in [-0.39, 0.29) is 12.5 Å². The second-order valence-electron chi connectivity index (χ2n) is 3.51. The highest BCUT2D eigenvalue weighted by molar-refractivity contribution is 5.95. The van der Waals surface area contributed by atoms with Gasteiger partial charge in [-0.1, -0.05) is 0 Å². The highest BCUT2D eigenvalue weighted by Crippen LogP contribution is 2.12. The molecule has 0 radical (unpaired) electrons. The topological polar surface area (TPSA) is 79.5 Å². The summed E-state index contributed by atoms with van der Waals surface area (Å²) in [6, 6.07) is 1.62. The zero-order valence-electron chi connectivity index (χ0n) is 9.60. The molecule has 1 amide bonds. The van der Waals surface area contributed by atoms with Gasteiger partial charge in [0.1, 0.15) is 0 Å². The van der Waals surface area contributed by atoms with Crippen LogP contribution < -0.4 is 5.73 Å². The Morgan fingerprint density at radius 3 is 2.88 bits per heavy atom. The number of hydrogen-bond acceptors (Lipinski definition) is 4. The quantitative estimate of drug-likeness (QED) is 0.775. The SMILES string of the molecule is CCN(CCO)C(=O)c1cc(N)cnc1C. The number of hydrogen-bond donors (Lipinski definition) is 2. The van der Waals surface area contributed by atoms with Crippen molar-refractivity contribution in [3.05, 3.63) is 23.5 Å². The summed E-state index contributed by atoms with van der Waals surface area (Å²) < 4.78 is 0. The number of aliphatic hydroxyl groups excluding tert-OH is 1. The average molecular weight is 223 g/mol. The number of likely N-dealkylation sites (N-methyl/N-ethyl adjacent to an activating group) is 1. The second-order valence-corrected chi connectivity index (χ2v) is 3.51. The second kappa shape index (κ2) is 5.46. The average Bonchev–Trinajstić information content (AvgIpc) is 2.28. The van der Waals surface area contributed by atoms with Gasteiger partial charge in [-0.05, 0) is 19.9 Å². The molecule has 0 atom stereocenters. The van der Waals surface area contributed by atoms with E-state index in [1.54, 1.807) is 17.9 Å². The van der Waals surface area contributed by atoms with E-state index in [0.29, 0.717) is 30.0 Å². The number of carbonyl (C=O) groups excluding carboxylic acids is 1. The molecule has 0 bridgehead atoms. The van der Waals surface area contributed by atoms with Gasteiger partial charge in [0, 0.05) is 13.1 Å². The molecule has 0 aromatic carbocycles. The predicted octanol–water partition coefficient (Wildman–Crippen LogP) is 0.427. The molecular weight excluding hydrogens is 206 g/mol. The predicted molar refractivity (Wildman–Crippen MR) is 62.0 cm³/mol. The molecular formula is C11H17N3O2. The molecule has 1 aromatic rings. The highest BCUT2D eigenvalue weighted by atomic mass is 16.3. The van der Waals surface area contributed by atoms with Gasteiger partial charge in [-0.15, -0.1) is 0 Å². The summed E-state index contributed by atoms with van der Waals surface area (Å²) >= 11 is 0. The van der Waals surface area contributed by atoms with Gasteiger partial charge in [-0.25, -0.2) is 0 Å². The molecule has 88 valence electrons. The molecule has 0 unspecified atom stereocenters. The minimum Gasteiger partial charge on any atom is -0.397 e. The van der Waals surface area contributed by atoms with Crippen molar-refractivity contribution >= 4 is 11.6 Å². The molecule has 5 heteroatoms. The summed E-state index contributed by atoms with van der Waals surface area (Å²) in [4.78, 5) is 17.7. The third-order valence-electron chi connectivity index (χ3n) is 2.38. The van der Waals surface area contributed by atoms with E-state index in [0.717, 1.165) is 0 Å². The number of rotatable bonds is 4. The van der Waals surface area contributed by atoms with Gasteiger partial charge >= 0.3 is 0 Å². The number of nitrogens with two attached hydrogens (primary N) is 1. The zero-order chi connectivity index (χ0) is 12.1. The van der Waals surface area contributed by atoms with Crippen LogP contribution >= 0.6 is 0 Å². The molecule has 5 nitrogen and oxygen atoms in total. The third kappa shape index (κ3) is 2.70. The van der Waals surface area contributed by atoms with E-state index < -0.39 is 0 Å². The van der Waals surface area contributed by atoms with Crippen molar-refractivity contribution < 1.29 is 9.90 Å². The monoisotopic (exact) mass is 223 g/mol. The van der Waals surface area contributed by atoms with Crippen LogP contribution in [0.4, 0.5) is 5.69 Å². The lowest BCUT2D eigenvalue weighted by Gasteiger charge is -2.20. The van der Waals surface area contributed by atoms with Crippen LogP contribution in [0.25, 0.3) is 0 Å². The fourth-order valence-electron chi connectivity index (χ4n) is 1.46. The molecule has 0 aliphatic rings. The smallest absolute Gasteiger partial charge is 0.255 e. The Morgan fingerprint density at radius 2 is 2.31 bits per heavy atom. The van der Waals surface area contributed by atoms with Gasteiger partial charge in [0.15, 0.2) is 0 Å². The van der Waals surface area contributed by atoms with Crippen molar-refractivity contribution in [2.45, 2.75) is 13.8 Å². The minimum absolute atomic E-state index is 0.0473. The van der Waals surface area contributed by atoms with Gasteiger partial charge in [-0.3, -0.25) is 9.78 Å². The van der Waals surface area contributed by atoms with Crippen LogP contribution in [0, 0.1) is 6.92 Å². The molecule has 0 saturated heterocycles. The number of carbonyl (C=O) groups is 1.